The molecular weight excluding hydrogens is 464 g/mol. The van der Waals surface area contributed by atoms with Crippen molar-refractivity contribution in [2.45, 2.75) is 6.54 Å². The van der Waals surface area contributed by atoms with E-state index in [1.807, 2.05) is 12.1 Å². The van der Waals surface area contributed by atoms with E-state index in [1.54, 1.807) is 54.6 Å². The molecule has 156 valence electrons. The number of carbonyl (C=O) groups is 2. The van der Waals surface area contributed by atoms with Gasteiger partial charge in [-0.15, -0.1) is 0 Å². The third-order valence-electron chi connectivity index (χ3n) is 3.94. The summed E-state index contributed by atoms with van der Waals surface area (Å²) < 4.78 is 16.6. The third kappa shape index (κ3) is 6.87. The lowest BCUT2D eigenvalue weighted by molar-refractivity contribution is -0.136. The maximum absolute atomic E-state index is 12.2. The minimum atomic E-state index is -0.557. The van der Waals surface area contributed by atoms with Crippen molar-refractivity contribution in [3.63, 3.8) is 0 Å². The predicted octanol–water partition coefficient (Wildman–Crippen LogP) is 4.25. The van der Waals surface area contributed by atoms with E-state index in [4.69, 9.17) is 13.9 Å². The molecule has 3 rings (SSSR count). The fourth-order valence-corrected chi connectivity index (χ4v) is 2.86. The Kier molecular flexibility index (Phi) is 7.62. The quantitative estimate of drug-likeness (QED) is 0.224. The number of hydrogen-bond donors (Lipinski definition) is 1. The van der Waals surface area contributed by atoms with Gasteiger partial charge in [0.15, 0.2) is 6.61 Å². The van der Waals surface area contributed by atoms with Gasteiger partial charge >= 0.3 is 5.97 Å². The average molecular weight is 481 g/mol. The summed E-state index contributed by atoms with van der Waals surface area (Å²) in [6.07, 6.45) is 2.95. The number of nitrogens with zero attached hydrogens (tertiary/aromatic N) is 1. The number of esters is 1. The summed E-state index contributed by atoms with van der Waals surface area (Å²) in [6, 6.07) is 18.8. The van der Waals surface area contributed by atoms with Crippen molar-refractivity contribution in [2.24, 2.45) is 0 Å². The lowest BCUT2D eigenvalue weighted by Gasteiger charge is -2.07. The van der Waals surface area contributed by atoms with Gasteiger partial charge in [-0.1, -0.05) is 34.1 Å². The van der Waals surface area contributed by atoms with Crippen LogP contribution in [0.3, 0.4) is 0 Å². The number of ether oxygens (including phenoxy) is 2. The smallest absolute Gasteiger partial charge is 0.349 e. The molecule has 0 saturated heterocycles. The van der Waals surface area contributed by atoms with E-state index in [9.17, 15) is 14.9 Å². The SMILES string of the molecule is N#C/C(=C\c1ccc(OC(=O)COc2cccc(Br)c2)cc1)C(=O)NCc1ccco1. The number of nitrogens with one attached hydrogen (secondary N) is 1. The standard InChI is InChI=1S/C23H17BrN2O5/c24-18-3-1-4-20(12-18)30-15-22(27)31-19-8-6-16(7-9-19)11-17(13-25)23(28)26-14-21-5-2-10-29-21/h1-12H,14-15H2,(H,26,28)/b17-11+. The number of nitriles is 1. The second kappa shape index (κ2) is 10.8. The van der Waals surface area contributed by atoms with Gasteiger partial charge in [0.05, 0.1) is 12.8 Å². The highest BCUT2D eigenvalue weighted by Crippen LogP contribution is 2.18. The van der Waals surface area contributed by atoms with E-state index in [0.29, 0.717) is 22.8 Å². The van der Waals surface area contributed by atoms with Crippen LogP contribution in [0.25, 0.3) is 6.08 Å². The fourth-order valence-electron chi connectivity index (χ4n) is 2.48. The van der Waals surface area contributed by atoms with E-state index < -0.39 is 11.9 Å². The molecule has 1 N–H and O–H groups in total. The number of amides is 1. The Hall–Kier alpha value is -3.83. The van der Waals surface area contributed by atoms with Crippen LogP contribution in [0.1, 0.15) is 11.3 Å². The topological polar surface area (TPSA) is 102 Å². The number of halogens is 1. The summed E-state index contributed by atoms with van der Waals surface area (Å²) in [5.74, 6) is 0.375. The van der Waals surface area contributed by atoms with Gasteiger partial charge in [0.2, 0.25) is 0 Å². The molecule has 0 saturated carbocycles. The van der Waals surface area contributed by atoms with E-state index in [1.165, 1.54) is 12.3 Å². The molecule has 0 radical (unpaired) electrons. The van der Waals surface area contributed by atoms with E-state index >= 15 is 0 Å². The first-order chi connectivity index (χ1) is 15.0. The van der Waals surface area contributed by atoms with Crippen molar-refractivity contribution in [2.75, 3.05) is 6.61 Å². The van der Waals surface area contributed by atoms with Crippen molar-refractivity contribution in [1.29, 1.82) is 5.26 Å². The number of furan rings is 1. The second-order valence-corrected chi connectivity index (χ2v) is 7.14. The van der Waals surface area contributed by atoms with E-state index in [0.717, 1.165) is 4.47 Å². The fraction of sp³-hybridized carbons (Fsp3) is 0.0870. The van der Waals surface area contributed by atoms with Crippen molar-refractivity contribution in [1.82, 2.24) is 5.32 Å². The van der Waals surface area contributed by atoms with Crippen LogP contribution in [0.5, 0.6) is 11.5 Å². The monoisotopic (exact) mass is 480 g/mol. The first-order valence-corrected chi connectivity index (χ1v) is 9.94. The highest BCUT2D eigenvalue weighted by molar-refractivity contribution is 9.10. The zero-order valence-electron chi connectivity index (χ0n) is 16.2. The molecule has 0 fully saturated rings. The molecule has 0 aliphatic rings. The molecule has 1 aromatic heterocycles. The van der Waals surface area contributed by atoms with Gasteiger partial charge < -0.3 is 19.2 Å². The first kappa shape index (κ1) is 21.9. The molecule has 1 heterocycles. The van der Waals surface area contributed by atoms with Crippen molar-refractivity contribution < 1.29 is 23.5 Å². The molecule has 0 aliphatic heterocycles. The summed E-state index contributed by atoms with van der Waals surface area (Å²) >= 11 is 3.33. The molecule has 2 aromatic carbocycles. The number of rotatable bonds is 8. The molecular formula is C23H17BrN2O5. The van der Waals surface area contributed by atoms with Crippen molar-refractivity contribution in [3.8, 4) is 17.6 Å². The highest BCUT2D eigenvalue weighted by Gasteiger charge is 2.10. The van der Waals surface area contributed by atoms with Crippen molar-refractivity contribution in [3.05, 3.63) is 88.3 Å². The van der Waals surface area contributed by atoms with Crippen LogP contribution >= 0.6 is 15.9 Å². The third-order valence-corrected chi connectivity index (χ3v) is 4.44. The minimum absolute atomic E-state index is 0.0567. The van der Waals surface area contributed by atoms with Crippen LogP contribution in [-0.4, -0.2) is 18.5 Å². The molecule has 3 aromatic rings. The first-order valence-electron chi connectivity index (χ1n) is 9.15. The Morgan fingerprint density at radius 3 is 2.58 bits per heavy atom. The van der Waals surface area contributed by atoms with Gasteiger partial charge in [0.25, 0.3) is 5.91 Å². The Morgan fingerprint density at radius 2 is 1.90 bits per heavy atom. The summed E-state index contributed by atoms with van der Waals surface area (Å²) in [5, 5.41) is 11.9. The van der Waals surface area contributed by atoms with Crippen LogP contribution in [0, 0.1) is 11.3 Å². The summed E-state index contributed by atoms with van der Waals surface area (Å²) in [5.41, 5.74) is 0.550. The van der Waals surface area contributed by atoms with Gasteiger partial charge in [-0.05, 0) is 54.1 Å². The average Bonchev–Trinajstić information content (AvgIpc) is 3.29. The number of hydrogen-bond acceptors (Lipinski definition) is 6. The maximum atomic E-state index is 12.2. The molecule has 0 atom stereocenters. The highest BCUT2D eigenvalue weighted by atomic mass is 79.9. The maximum Gasteiger partial charge on any atom is 0.349 e. The van der Waals surface area contributed by atoms with Gasteiger partial charge in [0.1, 0.15) is 28.9 Å². The van der Waals surface area contributed by atoms with E-state index in [-0.39, 0.29) is 18.7 Å². The van der Waals surface area contributed by atoms with Gasteiger partial charge in [0, 0.05) is 4.47 Å². The van der Waals surface area contributed by atoms with Crippen LogP contribution in [-0.2, 0) is 16.1 Å². The summed E-state index contributed by atoms with van der Waals surface area (Å²) in [6.45, 7) is -0.0612. The molecule has 8 heteroatoms. The molecule has 1 amide bonds. The lowest BCUT2D eigenvalue weighted by Crippen LogP contribution is -2.23. The Balaban J connectivity index is 1.53. The zero-order valence-corrected chi connectivity index (χ0v) is 17.8. The summed E-state index contributed by atoms with van der Waals surface area (Å²) in [7, 11) is 0. The molecule has 31 heavy (non-hydrogen) atoms. The molecule has 0 aliphatic carbocycles. The summed E-state index contributed by atoms with van der Waals surface area (Å²) in [4.78, 5) is 24.1. The lowest BCUT2D eigenvalue weighted by atomic mass is 10.1. The Bertz CT molecular complexity index is 1120. The van der Waals surface area contributed by atoms with Gasteiger partial charge in [-0.25, -0.2) is 4.79 Å². The minimum Gasteiger partial charge on any atom is -0.482 e. The predicted molar refractivity (Wildman–Crippen MR) is 116 cm³/mol. The Morgan fingerprint density at radius 1 is 1.10 bits per heavy atom. The van der Waals surface area contributed by atoms with Crippen LogP contribution in [0.2, 0.25) is 0 Å². The largest absolute Gasteiger partial charge is 0.482 e. The zero-order chi connectivity index (χ0) is 22.1. The number of carbonyl (C=O) groups excluding carboxylic acids is 2. The Labute approximate surface area is 187 Å². The molecule has 0 unspecified atom stereocenters. The van der Waals surface area contributed by atoms with Gasteiger partial charge in [-0.2, -0.15) is 5.26 Å². The van der Waals surface area contributed by atoms with Gasteiger partial charge in [-0.3, -0.25) is 4.79 Å². The molecule has 0 bridgehead atoms. The number of benzene rings is 2. The second-order valence-electron chi connectivity index (χ2n) is 6.22. The molecule has 0 spiro atoms. The van der Waals surface area contributed by atoms with Crippen LogP contribution < -0.4 is 14.8 Å². The van der Waals surface area contributed by atoms with Crippen LogP contribution in [0.15, 0.2) is 81.4 Å². The van der Waals surface area contributed by atoms with E-state index in [2.05, 4.69) is 21.2 Å². The van der Waals surface area contributed by atoms with Crippen molar-refractivity contribution >= 4 is 33.9 Å². The molecule has 7 nitrogen and oxygen atoms in total. The van der Waals surface area contributed by atoms with Crippen LogP contribution in [0.4, 0.5) is 0 Å². The normalized spacial score (nSPS) is 10.8.